The van der Waals surface area contributed by atoms with Crippen LogP contribution in [0.5, 0.6) is 0 Å². The maximum atomic E-state index is 12.7. The average Bonchev–Trinajstić information content (AvgIpc) is 2.34. The van der Waals surface area contributed by atoms with E-state index in [1.165, 1.54) is 12.1 Å². The highest BCUT2D eigenvalue weighted by Crippen LogP contribution is 2.31. The number of rotatable bonds is 4. The largest absolute Gasteiger partial charge is 0.417 e. The molecule has 0 spiro atoms. The smallest absolute Gasteiger partial charge is 0.348 e. The molecule has 2 nitrogen and oxygen atoms in total. The molecule has 1 unspecified atom stereocenters. The second-order valence-corrected chi connectivity index (χ2v) is 4.08. The summed E-state index contributed by atoms with van der Waals surface area (Å²) in [4.78, 5) is 11.8. The van der Waals surface area contributed by atoms with Crippen molar-refractivity contribution in [1.82, 2.24) is 5.32 Å². The van der Waals surface area contributed by atoms with Crippen LogP contribution in [0.1, 0.15) is 29.3 Å². The number of halogens is 4. The Morgan fingerprint density at radius 1 is 1.39 bits per heavy atom. The Hall–Kier alpha value is -1.23. The van der Waals surface area contributed by atoms with Gasteiger partial charge in [0.2, 0.25) is 0 Å². The van der Waals surface area contributed by atoms with Crippen molar-refractivity contribution >= 4 is 17.5 Å². The van der Waals surface area contributed by atoms with E-state index >= 15 is 0 Å². The second kappa shape index (κ2) is 6.09. The molecule has 0 saturated carbocycles. The summed E-state index contributed by atoms with van der Waals surface area (Å²) in [7, 11) is 0. The zero-order valence-corrected chi connectivity index (χ0v) is 10.5. The van der Waals surface area contributed by atoms with Gasteiger partial charge >= 0.3 is 6.18 Å². The monoisotopic (exact) mass is 279 g/mol. The fourth-order valence-electron chi connectivity index (χ4n) is 1.44. The van der Waals surface area contributed by atoms with E-state index in [1.807, 2.05) is 0 Å². The number of amides is 1. The van der Waals surface area contributed by atoms with E-state index in [2.05, 4.69) is 5.32 Å². The summed E-state index contributed by atoms with van der Waals surface area (Å²) in [6, 6.07) is 4.35. The fourth-order valence-corrected chi connectivity index (χ4v) is 1.74. The molecular formula is C12H13ClF3NO. The molecule has 0 aromatic heterocycles. The van der Waals surface area contributed by atoms with E-state index in [0.29, 0.717) is 6.42 Å². The highest BCUT2D eigenvalue weighted by Gasteiger charge is 2.34. The first-order chi connectivity index (χ1) is 8.40. The minimum absolute atomic E-state index is 0.163. The number of hydrogen-bond acceptors (Lipinski definition) is 1. The lowest BCUT2D eigenvalue weighted by Crippen LogP contribution is -2.36. The molecule has 1 aromatic carbocycles. The molecule has 0 saturated heterocycles. The minimum atomic E-state index is -4.55. The summed E-state index contributed by atoms with van der Waals surface area (Å²) in [5.41, 5.74) is -1.32. The first kappa shape index (κ1) is 14.8. The lowest BCUT2D eigenvalue weighted by molar-refractivity contribution is -0.137. The lowest BCUT2D eigenvalue weighted by Gasteiger charge is -2.16. The van der Waals surface area contributed by atoms with Crippen LogP contribution in [-0.4, -0.2) is 17.8 Å². The van der Waals surface area contributed by atoms with Gasteiger partial charge in [-0.1, -0.05) is 19.1 Å². The van der Waals surface area contributed by atoms with E-state index < -0.39 is 17.6 Å². The third-order valence-electron chi connectivity index (χ3n) is 2.49. The third-order valence-corrected chi connectivity index (χ3v) is 2.86. The zero-order valence-electron chi connectivity index (χ0n) is 9.72. The molecule has 100 valence electrons. The van der Waals surface area contributed by atoms with Gasteiger partial charge in [0.05, 0.1) is 11.1 Å². The van der Waals surface area contributed by atoms with Gasteiger partial charge in [-0.25, -0.2) is 0 Å². The molecule has 0 fully saturated rings. The molecule has 1 aromatic rings. The Labute approximate surface area is 108 Å². The average molecular weight is 280 g/mol. The molecule has 0 radical (unpaired) electrons. The van der Waals surface area contributed by atoms with Gasteiger partial charge in [0, 0.05) is 11.9 Å². The van der Waals surface area contributed by atoms with E-state index in [0.717, 1.165) is 12.1 Å². The van der Waals surface area contributed by atoms with Crippen molar-refractivity contribution in [2.45, 2.75) is 25.6 Å². The number of carbonyl (C=O) groups excluding carboxylic acids is 1. The first-order valence-corrected chi connectivity index (χ1v) is 5.96. The Morgan fingerprint density at radius 3 is 2.50 bits per heavy atom. The standard InChI is InChI=1S/C12H13ClF3NO/c1-2-8(7-13)17-11(18)9-5-3-4-6-10(9)12(14,15)16/h3-6,8H,2,7H2,1H3,(H,17,18). The number of carbonyl (C=O) groups is 1. The molecule has 0 aliphatic rings. The molecule has 0 aliphatic heterocycles. The number of alkyl halides is 4. The predicted molar refractivity (Wildman–Crippen MR) is 63.7 cm³/mol. The molecule has 0 aliphatic carbocycles. The lowest BCUT2D eigenvalue weighted by atomic mass is 10.1. The van der Waals surface area contributed by atoms with Crippen molar-refractivity contribution in [3.63, 3.8) is 0 Å². The summed E-state index contributed by atoms with van der Waals surface area (Å²) in [5, 5.41) is 2.47. The van der Waals surface area contributed by atoms with E-state index in [1.54, 1.807) is 6.92 Å². The van der Waals surface area contributed by atoms with Crippen molar-refractivity contribution in [3.8, 4) is 0 Å². The van der Waals surface area contributed by atoms with Crippen molar-refractivity contribution in [1.29, 1.82) is 0 Å². The molecular weight excluding hydrogens is 267 g/mol. The van der Waals surface area contributed by atoms with Crippen LogP contribution in [0.15, 0.2) is 24.3 Å². The number of hydrogen-bond donors (Lipinski definition) is 1. The van der Waals surface area contributed by atoms with Crippen LogP contribution in [0.25, 0.3) is 0 Å². The van der Waals surface area contributed by atoms with Gasteiger partial charge in [0.15, 0.2) is 0 Å². The van der Waals surface area contributed by atoms with Gasteiger partial charge < -0.3 is 5.32 Å². The minimum Gasteiger partial charge on any atom is -0.348 e. The maximum absolute atomic E-state index is 12.7. The van der Waals surface area contributed by atoms with Crippen molar-refractivity contribution in [3.05, 3.63) is 35.4 Å². The van der Waals surface area contributed by atoms with Crippen molar-refractivity contribution in [2.24, 2.45) is 0 Å². The highest BCUT2D eigenvalue weighted by atomic mass is 35.5. The summed E-state index contributed by atoms with van der Waals surface area (Å²) in [6.07, 6.45) is -3.99. The zero-order chi connectivity index (χ0) is 13.8. The Bertz CT molecular complexity index is 416. The van der Waals surface area contributed by atoms with E-state index in [4.69, 9.17) is 11.6 Å². The normalized spacial score (nSPS) is 13.2. The third kappa shape index (κ3) is 3.63. The van der Waals surface area contributed by atoms with E-state index in [-0.39, 0.29) is 17.5 Å². The van der Waals surface area contributed by atoms with Gasteiger partial charge in [-0.2, -0.15) is 13.2 Å². The van der Waals surface area contributed by atoms with Gasteiger partial charge in [-0.3, -0.25) is 4.79 Å². The highest BCUT2D eigenvalue weighted by molar-refractivity contribution is 6.18. The SMILES string of the molecule is CCC(CCl)NC(=O)c1ccccc1C(F)(F)F. The number of benzene rings is 1. The predicted octanol–water partition coefficient (Wildman–Crippen LogP) is 3.45. The number of nitrogens with one attached hydrogen (secondary N) is 1. The molecule has 0 bridgehead atoms. The van der Waals surface area contributed by atoms with Gasteiger partial charge in [0.1, 0.15) is 0 Å². The molecule has 1 rings (SSSR count). The van der Waals surface area contributed by atoms with Gasteiger partial charge in [-0.05, 0) is 18.6 Å². The van der Waals surface area contributed by atoms with Crippen LogP contribution >= 0.6 is 11.6 Å². The Balaban J connectivity index is 2.99. The summed E-state index contributed by atoms with van der Waals surface area (Å²) >= 11 is 5.59. The molecule has 18 heavy (non-hydrogen) atoms. The van der Waals surface area contributed by atoms with Crippen LogP contribution in [0.2, 0.25) is 0 Å². The molecule has 6 heteroatoms. The van der Waals surface area contributed by atoms with E-state index in [9.17, 15) is 18.0 Å². The van der Waals surface area contributed by atoms with Crippen LogP contribution in [0.4, 0.5) is 13.2 Å². The Kier molecular flexibility index (Phi) is 5.02. The maximum Gasteiger partial charge on any atom is 0.417 e. The summed E-state index contributed by atoms with van der Waals surface area (Å²) in [6.45, 7) is 1.79. The van der Waals surface area contributed by atoms with Gasteiger partial charge in [0.25, 0.3) is 5.91 Å². The summed E-state index contributed by atoms with van der Waals surface area (Å²) in [5.74, 6) is -0.591. The molecule has 1 amide bonds. The van der Waals surface area contributed by atoms with Crippen molar-refractivity contribution < 1.29 is 18.0 Å². The quantitative estimate of drug-likeness (QED) is 0.841. The van der Waals surface area contributed by atoms with Crippen LogP contribution in [0, 0.1) is 0 Å². The van der Waals surface area contributed by atoms with Crippen LogP contribution < -0.4 is 5.32 Å². The Morgan fingerprint density at radius 2 is 2.00 bits per heavy atom. The van der Waals surface area contributed by atoms with Crippen LogP contribution in [-0.2, 0) is 6.18 Å². The fraction of sp³-hybridized carbons (Fsp3) is 0.417. The molecule has 0 heterocycles. The van der Waals surface area contributed by atoms with Crippen LogP contribution in [0.3, 0.4) is 0 Å². The van der Waals surface area contributed by atoms with Gasteiger partial charge in [-0.15, -0.1) is 11.6 Å². The topological polar surface area (TPSA) is 29.1 Å². The first-order valence-electron chi connectivity index (χ1n) is 5.43. The second-order valence-electron chi connectivity index (χ2n) is 3.78. The summed E-state index contributed by atoms with van der Waals surface area (Å²) < 4.78 is 38.1. The van der Waals surface area contributed by atoms with Crippen molar-refractivity contribution in [2.75, 3.05) is 5.88 Å². The molecule has 1 atom stereocenters. The molecule has 1 N–H and O–H groups in total.